The summed E-state index contributed by atoms with van der Waals surface area (Å²) in [6.45, 7) is 4.52. The Labute approximate surface area is 78.7 Å². The van der Waals surface area contributed by atoms with Crippen LogP contribution in [0.15, 0.2) is 0 Å². The number of primary amides is 1. The molecule has 1 amide bonds. The maximum absolute atomic E-state index is 11.0. The molecule has 0 aromatic heterocycles. The number of aliphatic hydroxyl groups is 1. The fourth-order valence-electron chi connectivity index (χ4n) is 1.86. The van der Waals surface area contributed by atoms with Gasteiger partial charge in [0, 0.05) is 6.04 Å². The molecule has 0 aliphatic carbocycles. The molecule has 0 saturated carbocycles. The molecule has 0 radical (unpaired) electrons. The van der Waals surface area contributed by atoms with Crippen LogP contribution < -0.4 is 5.73 Å². The molecule has 13 heavy (non-hydrogen) atoms. The summed E-state index contributed by atoms with van der Waals surface area (Å²) in [7, 11) is 0. The van der Waals surface area contributed by atoms with Gasteiger partial charge in [0.1, 0.15) is 0 Å². The fourth-order valence-corrected chi connectivity index (χ4v) is 1.86. The zero-order chi connectivity index (χ0) is 10.0. The molecule has 1 saturated heterocycles. The third-order valence-electron chi connectivity index (χ3n) is 2.84. The summed E-state index contributed by atoms with van der Waals surface area (Å²) < 4.78 is 0. The monoisotopic (exact) mass is 186 g/mol. The van der Waals surface area contributed by atoms with Gasteiger partial charge in [-0.1, -0.05) is 0 Å². The first kappa shape index (κ1) is 10.5. The van der Waals surface area contributed by atoms with E-state index in [0.29, 0.717) is 0 Å². The quantitative estimate of drug-likeness (QED) is 0.636. The molecule has 3 unspecified atom stereocenters. The van der Waals surface area contributed by atoms with E-state index in [0.717, 1.165) is 19.4 Å². The number of likely N-dealkylation sites (tertiary alicyclic amines) is 1. The summed E-state index contributed by atoms with van der Waals surface area (Å²) in [6, 6.07) is -0.162. The van der Waals surface area contributed by atoms with Gasteiger partial charge in [-0.3, -0.25) is 9.69 Å². The van der Waals surface area contributed by atoms with E-state index in [4.69, 9.17) is 5.73 Å². The first-order valence-corrected chi connectivity index (χ1v) is 4.77. The van der Waals surface area contributed by atoms with E-state index in [-0.39, 0.29) is 18.0 Å². The van der Waals surface area contributed by atoms with E-state index < -0.39 is 6.10 Å². The van der Waals surface area contributed by atoms with Crippen molar-refractivity contribution in [2.45, 2.75) is 44.9 Å². The number of carbonyl (C=O) groups excluding carboxylic acids is 1. The van der Waals surface area contributed by atoms with Crippen LogP contribution in [0.1, 0.15) is 26.7 Å². The van der Waals surface area contributed by atoms with Crippen molar-refractivity contribution in [3.63, 3.8) is 0 Å². The second-order valence-corrected chi connectivity index (χ2v) is 3.78. The Bertz CT molecular complexity index is 194. The van der Waals surface area contributed by atoms with Crippen molar-refractivity contribution in [2.24, 2.45) is 5.73 Å². The molecular weight excluding hydrogens is 168 g/mol. The second kappa shape index (κ2) is 4.07. The number of hydrogen-bond donors (Lipinski definition) is 2. The van der Waals surface area contributed by atoms with Crippen molar-refractivity contribution in [2.75, 3.05) is 6.54 Å². The molecule has 0 aromatic carbocycles. The molecule has 3 N–H and O–H groups in total. The smallest absolute Gasteiger partial charge is 0.234 e. The minimum atomic E-state index is -0.417. The number of aliphatic hydroxyl groups excluding tert-OH is 1. The van der Waals surface area contributed by atoms with E-state index in [1.54, 1.807) is 6.92 Å². The number of hydrogen-bond acceptors (Lipinski definition) is 3. The SMILES string of the molecule is CC(O)C(C)N1CCCC1C(N)=O. The minimum Gasteiger partial charge on any atom is -0.392 e. The Hall–Kier alpha value is -0.610. The zero-order valence-electron chi connectivity index (χ0n) is 8.23. The molecule has 1 heterocycles. The Morgan fingerprint density at radius 3 is 2.69 bits per heavy atom. The van der Waals surface area contributed by atoms with Crippen LogP contribution in [-0.4, -0.2) is 40.6 Å². The lowest BCUT2D eigenvalue weighted by Crippen LogP contribution is -2.48. The third kappa shape index (κ3) is 2.19. The van der Waals surface area contributed by atoms with Crippen molar-refractivity contribution in [3.8, 4) is 0 Å². The van der Waals surface area contributed by atoms with Crippen LogP contribution >= 0.6 is 0 Å². The summed E-state index contributed by atoms with van der Waals surface area (Å²) in [4.78, 5) is 13.0. The van der Waals surface area contributed by atoms with Crippen LogP contribution in [0.5, 0.6) is 0 Å². The maximum atomic E-state index is 11.0. The van der Waals surface area contributed by atoms with Crippen molar-refractivity contribution < 1.29 is 9.90 Å². The highest BCUT2D eigenvalue weighted by atomic mass is 16.3. The number of amides is 1. The molecule has 4 heteroatoms. The van der Waals surface area contributed by atoms with Crippen LogP contribution in [-0.2, 0) is 4.79 Å². The molecule has 1 aliphatic rings. The molecule has 1 rings (SSSR count). The van der Waals surface area contributed by atoms with E-state index in [1.807, 2.05) is 11.8 Å². The molecule has 0 spiro atoms. The highest BCUT2D eigenvalue weighted by Crippen LogP contribution is 2.21. The van der Waals surface area contributed by atoms with Crippen LogP contribution in [0, 0.1) is 0 Å². The van der Waals surface area contributed by atoms with Crippen molar-refractivity contribution >= 4 is 5.91 Å². The molecule has 1 aliphatic heterocycles. The predicted molar refractivity (Wildman–Crippen MR) is 50.1 cm³/mol. The molecule has 0 bridgehead atoms. The van der Waals surface area contributed by atoms with E-state index >= 15 is 0 Å². The van der Waals surface area contributed by atoms with E-state index in [2.05, 4.69) is 0 Å². The van der Waals surface area contributed by atoms with E-state index in [1.165, 1.54) is 0 Å². The Morgan fingerprint density at radius 1 is 1.62 bits per heavy atom. The second-order valence-electron chi connectivity index (χ2n) is 3.78. The predicted octanol–water partition coefficient (Wildman–Crippen LogP) is -0.295. The standard InChI is InChI=1S/C9H18N2O2/c1-6(7(2)12)11-5-3-4-8(11)9(10)13/h6-8,12H,3-5H2,1-2H3,(H2,10,13). The van der Waals surface area contributed by atoms with Gasteiger partial charge in [-0.05, 0) is 33.2 Å². The lowest BCUT2D eigenvalue weighted by atomic mass is 10.1. The lowest BCUT2D eigenvalue weighted by molar-refractivity contribution is -0.123. The van der Waals surface area contributed by atoms with Gasteiger partial charge in [-0.15, -0.1) is 0 Å². The van der Waals surface area contributed by atoms with Crippen molar-refractivity contribution in [1.82, 2.24) is 4.90 Å². The third-order valence-corrected chi connectivity index (χ3v) is 2.84. The molecular formula is C9H18N2O2. The highest BCUT2D eigenvalue weighted by Gasteiger charge is 2.33. The topological polar surface area (TPSA) is 66.6 Å². The molecule has 1 fully saturated rings. The van der Waals surface area contributed by atoms with Gasteiger partial charge in [0.25, 0.3) is 0 Å². The average molecular weight is 186 g/mol. The number of carbonyl (C=O) groups is 1. The summed E-state index contributed by atoms with van der Waals surface area (Å²) in [5.74, 6) is -0.273. The van der Waals surface area contributed by atoms with Crippen LogP contribution in [0.4, 0.5) is 0 Å². The Balaban J connectivity index is 2.62. The number of rotatable bonds is 3. The van der Waals surface area contributed by atoms with Gasteiger partial charge in [0.2, 0.25) is 5.91 Å². The maximum Gasteiger partial charge on any atom is 0.234 e. The Morgan fingerprint density at radius 2 is 2.23 bits per heavy atom. The molecule has 4 nitrogen and oxygen atoms in total. The normalized spacial score (nSPS) is 28.7. The summed E-state index contributed by atoms with van der Waals surface area (Å²) in [5.41, 5.74) is 5.26. The Kier molecular flexibility index (Phi) is 3.27. The van der Waals surface area contributed by atoms with Crippen molar-refractivity contribution in [1.29, 1.82) is 0 Å². The molecule has 3 atom stereocenters. The summed E-state index contributed by atoms with van der Waals surface area (Å²) in [6.07, 6.45) is 1.40. The molecule has 76 valence electrons. The largest absolute Gasteiger partial charge is 0.392 e. The van der Waals surface area contributed by atoms with Crippen molar-refractivity contribution in [3.05, 3.63) is 0 Å². The minimum absolute atomic E-state index is 0.0139. The number of nitrogens with zero attached hydrogens (tertiary/aromatic N) is 1. The van der Waals surface area contributed by atoms with E-state index in [9.17, 15) is 9.90 Å². The zero-order valence-corrected chi connectivity index (χ0v) is 8.23. The average Bonchev–Trinajstić information content (AvgIpc) is 2.50. The van der Waals surface area contributed by atoms with Crippen LogP contribution in [0.25, 0.3) is 0 Å². The first-order chi connectivity index (χ1) is 6.04. The van der Waals surface area contributed by atoms with Gasteiger partial charge >= 0.3 is 0 Å². The van der Waals surface area contributed by atoms with Gasteiger partial charge < -0.3 is 10.8 Å². The summed E-state index contributed by atoms with van der Waals surface area (Å²) >= 11 is 0. The van der Waals surface area contributed by atoms with Gasteiger partial charge in [0.15, 0.2) is 0 Å². The van der Waals surface area contributed by atoms with Gasteiger partial charge in [-0.25, -0.2) is 0 Å². The first-order valence-electron chi connectivity index (χ1n) is 4.77. The van der Waals surface area contributed by atoms with Gasteiger partial charge in [-0.2, -0.15) is 0 Å². The fraction of sp³-hybridized carbons (Fsp3) is 0.889. The summed E-state index contributed by atoms with van der Waals surface area (Å²) in [5, 5.41) is 9.39. The highest BCUT2D eigenvalue weighted by molar-refractivity contribution is 5.80. The van der Waals surface area contributed by atoms with Gasteiger partial charge in [0.05, 0.1) is 12.1 Å². The lowest BCUT2D eigenvalue weighted by Gasteiger charge is -2.30. The molecule has 0 aromatic rings. The van der Waals surface area contributed by atoms with Crippen LogP contribution in [0.3, 0.4) is 0 Å². The number of nitrogens with two attached hydrogens (primary N) is 1. The van der Waals surface area contributed by atoms with Crippen LogP contribution in [0.2, 0.25) is 0 Å².